The molecule has 0 saturated carbocycles. The van der Waals surface area contributed by atoms with E-state index in [4.69, 9.17) is 0 Å². The highest BCUT2D eigenvalue weighted by atomic mass is 16.3. The van der Waals surface area contributed by atoms with Crippen LogP contribution in [0.25, 0.3) is 0 Å². The minimum atomic E-state index is -1.29. The van der Waals surface area contributed by atoms with Gasteiger partial charge in [0.25, 0.3) is 0 Å². The maximum Gasteiger partial charge on any atom is 0.249 e. The Hall–Kier alpha value is -1.21. The first-order valence-corrected chi connectivity index (χ1v) is 18.2. The van der Waals surface area contributed by atoms with Crippen LogP contribution in [0.4, 0.5) is 0 Å². The minimum absolute atomic E-state index is 0.278. The van der Waals surface area contributed by atoms with Crippen LogP contribution in [0, 0.1) is 0 Å². The number of amides is 1. The van der Waals surface area contributed by atoms with Crippen molar-refractivity contribution in [3.8, 4) is 0 Å². The molecule has 1 amide bonds. The summed E-state index contributed by atoms with van der Waals surface area (Å²) in [6.07, 6.45) is 33.7. The molecule has 0 spiro atoms. The number of aliphatic hydroxyl groups excluding tert-OH is 4. The second-order valence-electron chi connectivity index (χ2n) is 12.6. The molecule has 5 N–H and O–H groups in total. The minimum Gasteiger partial charge on any atom is -0.394 e. The first-order valence-electron chi connectivity index (χ1n) is 18.2. The third-order valence-electron chi connectivity index (χ3n) is 8.39. The number of nitrogens with one attached hydrogen (secondary N) is 1. The van der Waals surface area contributed by atoms with E-state index in [9.17, 15) is 25.2 Å². The maximum absolute atomic E-state index is 12.3. The topological polar surface area (TPSA) is 110 Å². The van der Waals surface area contributed by atoms with E-state index in [1.165, 1.54) is 109 Å². The Morgan fingerprint density at radius 3 is 1.42 bits per heavy atom. The highest BCUT2D eigenvalue weighted by molar-refractivity contribution is 5.80. The Morgan fingerprint density at radius 1 is 0.558 bits per heavy atom. The van der Waals surface area contributed by atoms with Gasteiger partial charge in [0.2, 0.25) is 5.91 Å². The van der Waals surface area contributed by atoms with E-state index in [1.54, 1.807) is 0 Å². The van der Waals surface area contributed by atoms with Crippen molar-refractivity contribution in [1.29, 1.82) is 0 Å². The zero-order valence-corrected chi connectivity index (χ0v) is 28.2. The van der Waals surface area contributed by atoms with Crippen molar-refractivity contribution in [2.45, 2.75) is 199 Å². The summed E-state index contributed by atoms with van der Waals surface area (Å²) in [5, 5.41) is 43.1. The molecular weight excluding hydrogens is 538 g/mol. The van der Waals surface area contributed by atoms with Crippen LogP contribution in [0.1, 0.15) is 174 Å². The van der Waals surface area contributed by atoms with Crippen LogP contribution >= 0.6 is 0 Å². The molecule has 0 bridgehead atoms. The van der Waals surface area contributed by atoms with Crippen LogP contribution in [0.5, 0.6) is 0 Å². The SMILES string of the molecule is CCCCCC/C=C\CCC(O)C(=O)NC(CO)C(O)C(O)CCC/C=C/CCCCCCCCCCCCCCCC. The van der Waals surface area contributed by atoms with E-state index in [0.717, 1.165) is 25.7 Å². The number of aliphatic hydroxyl groups is 4. The standard InChI is InChI=1S/C37H71NO5/c1-3-5-7-9-11-13-14-15-16-17-18-19-20-21-22-23-25-26-28-30-34(40)36(42)33(32-39)38-37(43)35(41)31-29-27-24-12-10-8-6-4-2/h23-25,27,33-36,39-42H,3-22,26,28-32H2,1-2H3,(H,38,43)/b25-23+,27-24-. The van der Waals surface area contributed by atoms with Crippen molar-refractivity contribution in [3.63, 3.8) is 0 Å². The number of hydrogen-bond donors (Lipinski definition) is 5. The largest absolute Gasteiger partial charge is 0.394 e. The normalized spacial score (nSPS) is 14.8. The molecule has 6 heteroatoms. The predicted molar refractivity (Wildman–Crippen MR) is 182 cm³/mol. The summed E-state index contributed by atoms with van der Waals surface area (Å²) in [5.74, 6) is -0.631. The second-order valence-corrected chi connectivity index (χ2v) is 12.6. The summed E-state index contributed by atoms with van der Waals surface area (Å²) in [6.45, 7) is 3.95. The lowest BCUT2D eigenvalue weighted by atomic mass is 10.00. The molecule has 0 radical (unpaired) electrons. The third kappa shape index (κ3) is 26.9. The van der Waals surface area contributed by atoms with Gasteiger partial charge in [-0.15, -0.1) is 0 Å². The molecule has 0 aromatic rings. The van der Waals surface area contributed by atoms with Gasteiger partial charge in [0, 0.05) is 0 Å². The van der Waals surface area contributed by atoms with E-state index in [1.807, 2.05) is 6.08 Å². The Balaban J connectivity index is 3.83. The first kappa shape index (κ1) is 41.8. The molecule has 4 unspecified atom stereocenters. The van der Waals surface area contributed by atoms with Gasteiger partial charge in [-0.25, -0.2) is 0 Å². The lowest BCUT2D eigenvalue weighted by molar-refractivity contribution is -0.132. The second kappa shape index (κ2) is 32.2. The zero-order chi connectivity index (χ0) is 31.8. The van der Waals surface area contributed by atoms with Crippen LogP contribution in [0.15, 0.2) is 24.3 Å². The predicted octanol–water partition coefficient (Wildman–Crippen LogP) is 8.45. The van der Waals surface area contributed by atoms with Crippen molar-refractivity contribution < 1.29 is 25.2 Å². The third-order valence-corrected chi connectivity index (χ3v) is 8.39. The van der Waals surface area contributed by atoms with Crippen molar-refractivity contribution >= 4 is 5.91 Å². The fourth-order valence-corrected chi connectivity index (χ4v) is 5.40. The first-order chi connectivity index (χ1) is 21.0. The Kier molecular flexibility index (Phi) is 31.3. The molecule has 0 aliphatic carbocycles. The van der Waals surface area contributed by atoms with Crippen LogP contribution < -0.4 is 5.32 Å². The molecule has 0 aliphatic heterocycles. The summed E-state index contributed by atoms with van der Waals surface area (Å²) in [5.41, 5.74) is 0. The van der Waals surface area contributed by atoms with Crippen LogP contribution in [-0.4, -0.2) is 57.3 Å². The van der Waals surface area contributed by atoms with Gasteiger partial charge in [-0.2, -0.15) is 0 Å². The summed E-state index contributed by atoms with van der Waals surface area (Å²) < 4.78 is 0. The van der Waals surface area contributed by atoms with E-state index < -0.39 is 36.9 Å². The van der Waals surface area contributed by atoms with Gasteiger partial charge in [-0.3, -0.25) is 4.79 Å². The van der Waals surface area contributed by atoms with Gasteiger partial charge in [0.15, 0.2) is 0 Å². The molecule has 43 heavy (non-hydrogen) atoms. The molecule has 254 valence electrons. The monoisotopic (exact) mass is 610 g/mol. The Bertz CT molecular complexity index is 653. The van der Waals surface area contributed by atoms with E-state index in [2.05, 4.69) is 37.4 Å². The zero-order valence-electron chi connectivity index (χ0n) is 28.2. The molecule has 0 aromatic heterocycles. The fraction of sp³-hybridized carbons (Fsp3) is 0.865. The molecule has 0 aromatic carbocycles. The van der Waals surface area contributed by atoms with Crippen LogP contribution in [-0.2, 0) is 4.79 Å². The number of hydrogen-bond acceptors (Lipinski definition) is 5. The van der Waals surface area contributed by atoms with Crippen molar-refractivity contribution in [2.24, 2.45) is 0 Å². The summed E-state index contributed by atoms with van der Waals surface area (Å²) >= 11 is 0. The number of rotatable bonds is 32. The number of unbranched alkanes of at least 4 members (excludes halogenated alkanes) is 19. The Morgan fingerprint density at radius 2 is 0.953 bits per heavy atom. The van der Waals surface area contributed by atoms with Crippen LogP contribution in [0.2, 0.25) is 0 Å². The van der Waals surface area contributed by atoms with Gasteiger partial charge >= 0.3 is 0 Å². The lowest BCUT2D eigenvalue weighted by Gasteiger charge is -2.27. The average Bonchev–Trinajstić information content (AvgIpc) is 3.01. The molecular formula is C37H71NO5. The van der Waals surface area contributed by atoms with Gasteiger partial charge in [0.1, 0.15) is 12.2 Å². The smallest absolute Gasteiger partial charge is 0.249 e. The molecule has 4 atom stereocenters. The van der Waals surface area contributed by atoms with Gasteiger partial charge < -0.3 is 25.7 Å². The van der Waals surface area contributed by atoms with Crippen molar-refractivity contribution in [3.05, 3.63) is 24.3 Å². The maximum atomic E-state index is 12.3. The number of carbonyl (C=O) groups is 1. The van der Waals surface area contributed by atoms with E-state index >= 15 is 0 Å². The van der Waals surface area contributed by atoms with E-state index in [0.29, 0.717) is 19.3 Å². The molecule has 0 fully saturated rings. The van der Waals surface area contributed by atoms with Crippen molar-refractivity contribution in [1.82, 2.24) is 5.32 Å². The fourth-order valence-electron chi connectivity index (χ4n) is 5.40. The van der Waals surface area contributed by atoms with Gasteiger partial charge in [-0.1, -0.05) is 141 Å². The summed E-state index contributed by atoms with van der Waals surface area (Å²) in [6, 6.07) is -1.01. The van der Waals surface area contributed by atoms with Gasteiger partial charge in [0.05, 0.1) is 18.8 Å². The lowest BCUT2D eigenvalue weighted by Crippen LogP contribution is -2.53. The average molecular weight is 610 g/mol. The molecule has 0 aliphatic rings. The number of carbonyl (C=O) groups excluding carboxylic acids is 1. The van der Waals surface area contributed by atoms with Crippen molar-refractivity contribution in [2.75, 3.05) is 6.61 Å². The summed E-state index contributed by atoms with van der Waals surface area (Å²) in [4.78, 5) is 12.3. The number of allylic oxidation sites excluding steroid dienone is 4. The molecule has 0 heterocycles. The quantitative estimate of drug-likeness (QED) is 0.0388. The van der Waals surface area contributed by atoms with Gasteiger partial charge in [-0.05, 0) is 57.8 Å². The molecule has 0 rings (SSSR count). The van der Waals surface area contributed by atoms with Crippen LogP contribution in [0.3, 0.4) is 0 Å². The Labute approximate surface area is 265 Å². The molecule has 6 nitrogen and oxygen atoms in total. The highest BCUT2D eigenvalue weighted by Crippen LogP contribution is 2.14. The summed E-state index contributed by atoms with van der Waals surface area (Å²) in [7, 11) is 0. The van der Waals surface area contributed by atoms with E-state index in [-0.39, 0.29) is 6.42 Å². The molecule has 0 saturated heterocycles. The highest BCUT2D eigenvalue weighted by Gasteiger charge is 2.28.